The number of nitro groups is 1. The summed E-state index contributed by atoms with van der Waals surface area (Å²) in [5.74, 6) is -0.300. The molecular weight excluding hydrogens is 318 g/mol. The van der Waals surface area contributed by atoms with Crippen LogP contribution in [0.5, 0.6) is 0 Å². The largest absolute Gasteiger partial charge is 0.383 e. The molecule has 6 heteroatoms. The van der Waals surface area contributed by atoms with Gasteiger partial charge in [0.25, 0.3) is 11.6 Å². The number of benzene rings is 2. The highest BCUT2D eigenvalue weighted by Crippen LogP contribution is 2.24. The lowest BCUT2D eigenvalue weighted by molar-refractivity contribution is -0.384. The summed E-state index contributed by atoms with van der Waals surface area (Å²) in [5, 5.41) is 16.6. The summed E-state index contributed by atoms with van der Waals surface area (Å²) in [6.45, 7) is 4.67. The van der Waals surface area contributed by atoms with Crippen LogP contribution in [0.1, 0.15) is 33.5 Å². The number of carbonyl (C=O) groups is 1. The minimum atomic E-state index is -0.497. The Kier molecular flexibility index (Phi) is 6.11. The molecule has 0 aromatic heterocycles. The third-order valence-electron chi connectivity index (χ3n) is 4.13. The van der Waals surface area contributed by atoms with Crippen LogP contribution in [-0.4, -0.2) is 24.4 Å². The van der Waals surface area contributed by atoms with Crippen molar-refractivity contribution >= 4 is 17.3 Å². The Morgan fingerprint density at radius 2 is 1.92 bits per heavy atom. The average Bonchev–Trinajstić information content (AvgIpc) is 2.59. The Morgan fingerprint density at radius 3 is 2.56 bits per heavy atom. The first-order valence-electron chi connectivity index (χ1n) is 8.23. The number of hydrogen-bond donors (Lipinski definition) is 2. The molecule has 6 nitrogen and oxygen atoms in total. The minimum Gasteiger partial charge on any atom is -0.383 e. The SMILES string of the molecule is CNc1ccc(C(=O)NCCCc2ccc(C)cc2C)cc1[N+](=O)[O-]. The number of nitrogens with one attached hydrogen (secondary N) is 2. The molecule has 0 bridgehead atoms. The van der Waals surface area contributed by atoms with Gasteiger partial charge in [-0.05, 0) is 49.9 Å². The van der Waals surface area contributed by atoms with E-state index in [-0.39, 0.29) is 17.2 Å². The highest BCUT2D eigenvalue weighted by molar-refractivity contribution is 5.95. The van der Waals surface area contributed by atoms with Crippen molar-refractivity contribution in [1.29, 1.82) is 0 Å². The third-order valence-corrected chi connectivity index (χ3v) is 4.13. The Morgan fingerprint density at radius 1 is 1.16 bits per heavy atom. The number of rotatable bonds is 7. The summed E-state index contributed by atoms with van der Waals surface area (Å²) < 4.78 is 0. The van der Waals surface area contributed by atoms with Gasteiger partial charge in [-0.15, -0.1) is 0 Å². The van der Waals surface area contributed by atoms with Crippen molar-refractivity contribution in [2.24, 2.45) is 0 Å². The lowest BCUT2D eigenvalue weighted by Gasteiger charge is -2.09. The maximum Gasteiger partial charge on any atom is 0.293 e. The number of nitro benzene ring substituents is 1. The van der Waals surface area contributed by atoms with Crippen molar-refractivity contribution in [2.75, 3.05) is 18.9 Å². The number of amides is 1. The molecule has 0 heterocycles. The number of nitrogens with zero attached hydrogens (tertiary/aromatic N) is 1. The van der Waals surface area contributed by atoms with Crippen molar-refractivity contribution in [3.63, 3.8) is 0 Å². The van der Waals surface area contributed by atoms with Crippen molar-refractivity contribution in [3.05, 3.63) is 68.8 Å². The fourth-order valence-corrected chi connectivity index (χ4v) is 2.74. The number of anilines is 1. The molecule has 0 unspecified atom stereocenters. The standard InChI is InChI=1S/C19H23N3O3/c1-13-6-7-15(14(2)11-13)5-4-10-21-19(23)16-8-9-17(20-3)18(12-16)22(24)25/h6-9,11-12,20H,4-5,10H2,1-3H3,(H,21,23). The van der Waals surface area contributed by atoms with E-state index in [2.05, 4.69) is 42.7 Å². The summed E-state index contributed by atoms with van der Waals surface area (Å²) in [6.07, 6.45) is 1.69. The molecule has 0 saturated heterocycles. The van der Waals surface area contributed by atoms with E-state index in [0.29, 0.717) is 12.2 Å². The number of carbonyl (C=O) groups excluding carboxylic acids is 1. The fraction of sp³-hybridized carbons (Fsp3) is 0.316. The highest BCUT2D eigenvalue weighted by Gasteiger charge is 2.16. The van der Waals surface area contributed by atoms with Gasteiger partial charge in [0.15, 0.2) is 0 Å². The summed E-state index contributed by atoms with van der Waals surface area (Å²) in [4.78, 5) is 22.8. The van der Waals surface area contributed by atoms with E-state index in [1.54, 1.807) is 19.2 Å². The van der Waals surface area contributed by atoms with E-state index in [4.69, 9.17) is 0 Å². The lowest BCUT2D eigenvalue weighted by Crippen LogP contribution is -2.25. The lowest BCUT2D eigenvalue weighted by atomic mass is 10.0. The predicted octanol–water partition coefficient (Wildman–Crippen LogP) is 3.62. The first kappa shape index (κ1) is 18.4. The molecule has 2 rings (SSSR count). The molecule has 0 aliphatic rings. The Hall–Kier alpha value is -2.89. The van der Waals surface area contributed by atoms with Crippen molar-refractivity contribution in [2.45, 2.75) is 26.7 Å². The topological polar surface area (TPSA) is 84.3 Å². The highest BCUT2D eigenvalue weighted by atomic mass is 16.6. The monoisotopic (exact) mass is 341 g/mol. The average molecular weight is 341 g/mol. The van der Waals surface area contributed by atoms with Crippen LogP contribution in [0.25, 0.3) is 0 Å². The van der Waals surface area contributed by atoms with Crippen LogP contribution >= 0.6 is 0 Å². The molecule has 2 N–H and O–H groups in total. The molecule has 0 radical (unpaired) electrons. The molecule has 0 spiro atoms. The molecule has 1 amide bonds. The van der Waals surface area contributed by atoms with Crippen LogP contribution in [0.2, 0.25) is 0 Å². The van der Waals surface area contributed by atoms with Gasteiger partial charge in [0.2, 0.25) is 0 Å². The fourth-order valence-electron chi connectivity index (χ4n) is 2.74. The molecule has 0 aliphatic carbocycles. The zero-order valence-corrected chi connectivity index (χ0v) is 14.8. The third kappa shape index (κ3) is 4.79. The van der Waals surface area contributed by atoms with E-state index < -0.39 is 4.92 Å². The van der Waals surface area contributed by atoms with Crippen LogP contribution in [0.4, 0.5) is 11.4 Å². The van der Waals surface area contributed by atoms with Gasteiger partial charge in [0.1, 0.15) is 5.69 Å². The van der Waals surface area contributed by atoms with Gasteiger partial charge >= 0.3 is 0 Å². The van der Waals surface area contributed by atoms with Gasteiger partial charge in [-0.3, -0.25) is 14.9 Å². The second kappa shape index (κ2) is 8.28. The van der Waals surface area contributed by atoms with Crippen molar-refractivity contribution in [1.82, 2.24) is 5.32 Å². The van der Waals surface area contributed by atoms with Gasteiger partial charge in [0, 0.05) is 25.2 Å². The Bertz CT molecular complexity index is 787. The van der Waals surface area contributed by atoms with E-state index in [1.165, 1.54) is 22.8 Å². The van der Waals surface area contributed by atoms with Crippen LogP contribution < -0.4 is 10.6 Å². The molecule has 0 aliphatic heterocycles. The van der Waals surface area contributed by atoms with Gasteiger partial charge < -0.3 is 10.6 Å². The van der Waals surface area contributed by atoms with Crippen molar-refractivity contribution in [3.8, 4) is 0 Å². The van der Waals surface area contributed by atoms with E-state index in [0.717, 1.165) is 12.8 Å². The van der Waals surface area contributed by atoms with Gasteiger partial charge in [-0.1, -0.05) is 23.8 Å². The van der Waals surface area contributed by atoms with E-state index >= 15 is 0 Å². The molecule has 0 fully saturated rings. The summed E-state index contributed by atoms with van der Waals surface area (Å²) in [5.41, 5.74) is 4.33. The maximum atomic E-state index is 12.2. The van der Waals surface area contributed by atoms with Crippen LogP contribution in [0.3, 0.4) is 0 Å². The molecule has 132 valence electrons. The molecular formula is C19H23N3O3. The maximum absolute atomic E-state index is 12.2. The Labute approximate surface area is 147 Å². The molecule has 2 aromatic rings. The van der Waals surface area contributed by atoms with E-state index in [1.807, 2.05) is 0 Å². The first-order chi connectivity index (χ1) is 11.9. The van der Waals surface area contributed by atoms with Crippen LogP contribution in [0.15, 0.2) is 36.4 Å². The molecule has 2 aromatic carbocycles. The summed E-state index contributed by atoms with van der Waals surface area (Å²) in [6, 6.07) is 10.8. The van der Waals surface area contributed by atoms with Gasteiger partial charge in [-0.25, -0.2) is 0 Å². The zero-order valence-electron chi connectivity index (χ0n) is 14.8. The molecule has 0 atom stereocenters. The molecule has 25 heavy (non-hydrogen) atoms. The van der Waals surface area contributed by atoms with Gasteiger partial charge in [-0.2, -0.15) is 0 Å². The smallest absolute Gasteiger partial charge is 0.293 e. The van der Waals surface area contributed by atoms with E-state index in [9.17, 15) is 14.9 Å². The second-order valence-electron chi connectivity index (χ2n) is 6.03. The van der Waals surface area contributed by atoms with Crippen LogP contribution in [0, 0.1) is 24.0 Å². The molecule has 0 saturated carbocycles. The first-order valence-corrected chi connectivity index (χ1v) is 8.23. The van der Waals surface area contributed by atoms with Crippen molar-refractivity contribution < 1.29 is 9.72 Å². The van der Waals surface area contributed by atoms with Gasteiger partial charge in [0.05, 0.1) is 4.92 Å². The predicted molar refractivity (Wildman–Crippen MR) is 99.2 cm³/mol. The zero-order chi connectivity index (χ0) is 18.4. The van der Waals surface area contributed by atoms with Crippen LogP contribution in [-0.2, 0) is 6.42 Å². The second-order valence-corrected chi connectivity index (χ2v) is 6.03. The quantitative estimate of drug-likeness (QED) is 0.458. The Balaban J connectivity index is 1.92. The minimum absolute atomic E-state index is 0.106. The summed E-state index contributed by atoms with van der Waals surface area (Å²) in [7, 11) is 1.61. The number of hydrogen-bond acceptors (Lipinski definition) is 4. The number of aryl methyl sites for hydroxylation is 3. The summed E-state index contributed by atoms with van der Waals surface area (Å²) >= 11 is 0. The normalized spacial score (nSPS) is 10.4.